The number of fused-ring (bicyclic) bond motifs is 1. The Morgan fingerprint density at radius 2 is 2.15 bits per heavy atom. The third-order valence-electron chi connectivity index (χ3n) is 4.64. The number of carbonyl (C=O) groups is 2. The third-order valence-corrected chi connectivity index (χ3v) is 4.64. The predicted molar refractivity (Wildman–Crippen MR) is 93.3 cm³/mol. The van der Waals surface area contributed by atoms with Gasteiger partial charge in [0.2, 0.25) is 5.91 Å². The number of amides is 1. The molecule has 1 atom stereocenters. The van der Waals surface area contributed by atoms with Crippen LogP contribution >= 0.6 is 0 Å². The Labute approximate surface area is 153 Å². The van der Waals surface area contributed by atoms with Gasteiger partial charge >= 0.3 is 11.7 Å². The van der Waals surface area contributed by atoms with Crippen LogP contribution in [0.4, 0.5) is 5.69 Å². The first kappa shape index (κ1) is 18.6. The average Bonchev–Trinajstić information content (AvgIpc) is 3.38. The number of aryl methyl sites for hydroxylation is 1. The van der Waals surface area contributed by atoms with Gasteiger partial charge in [-0.2, -0.15) is 0 Å². The molecule has 1 aliphatic rings. The summed E-state index contributed by atoms with van der Waals surface area (Å²) >= 11 is 0. The van der Waals surface area contributed by atoms with Crippen molar-refractivity contribution in [2.75, 3.05) is 0 Å². The van der Waals surface area contributed by atoms with E-state index in [0.29, 0.717) is 11.9 Å². The Balaban J connectivity index is 1.69. The molecule has 1 aromatic carbocycles. The maximum Gasteiger partial charge on any atom is 0.419 e. The van der Waals surface area contributed by atoms with Crippen LogP contribution in [-0.4, -0.2) is 43.5 Å². The fourth-order valence-electron chi connectivity index (χ4n) is 3.11. The Bertz CT molecular complexity index is 957. The lowest BCUT2D eigenvalue weighted by molar-refractivity contribution is -0.384. The molecule has 144 valence electrons. The SMILES string of the molecule is CC(C(=O)O)N(C(=O)CCCn1c(=O)oc2cc([N+](=O)[O-])ccc21)C1CC1. The number of carbonyl (C=O) groups excluding carboxylic acids is 1. The molecular weight excluding hydrogens is 358 g/mol. The number of carboxylic acid groups (broad SMARTS) is 1. The molecule has 0 saturated heterocycles. The van der Waals surface area contributed by atoms with E-state index in [1.165, 1.54) is 34.6 Å². The van der Waals surface area contributed by atoms with Crippen molar-refractivity contribution in [1.82, 2.24) is 9.47 Å². The van der Waals surface area contributed by atoms with E-state index in [0.717, 1.165) is 12.8 Å². The van der Waals surface area contributed by atoms with Gasteiger partial charge < -0.3 is 14.4 Å². The minimum atomic E-state index is -1.05. The molecule has 0 bridgehead atoms. The molecule has 1 N–H and O–H groups in total. The molecule has 10 nitrogen and oxygen atoms in total. The van der Waals surface area contributed by atoms with Crippen LogP contribution in [0.5, 0.6) is 0 Å². The largest absolute Gasteiger partial charge is 0.480 e. The molecule has 0 radical (unpaired) electrons. The van der Waals surface area contributed by atoms with Gasteiger partial charge in [0.15, 0.2) is 5.58 Å². The first-order chi connectivity index (χ1) is 12.8. The lowest BCUT2D eigenvalue weighted by atomic mass is 10.2. The van der Waals surface area contributed by atoms with Gasteiger partial charge in [-0.3, -0.25) is 19.5 Å². The lowest BCUT2D eigenvalue weighted by Gasteiger charge is -2.26. The molecule has 27 heavy (non-hydrogen) atoms. The maximum absolute atomic E-state index is 12.4. The fraction of sp³-hybridized carbons (Fsp3) is 0.471. The Hall–Kier alpha value is -3.17. The van der Waals surface area contributed by atoms with Crippen molar-refractivity contribution in [3.05, 3.63) is 38.9 Å². The van der Waals surface area contributed by atoms with Gasteiger partial charge in [-0.05, 0) is 32.3 Å². The number of hydrogen-bond donors (Lipinski definition) is 1. The van der Waals surface area contributed by atoms with Crippen molar-refractivity contribution in [2.24, 2.45) is 0 Å². The van der Waals surface area contributed by atoms with Gasteiger partial charge in [0, 0.05) is 25.1 Å². The zero-order chi connectivity index (χ0) is 19.7. The molecule has 1 amide bonds. The number of aliphatic carboxylic acids is 1. The number of aromatic nitrogens is 1. The van der Waals surface area contributed by atoms with Crippen molar-refractivity contribution in [3.8, 4) is 0 Å². The number of carboxylic acids is 1. The van der Waals surface area contributed by atoms with Crippen LogP contribution in [0.15, 0.2) is 27.4 Å². The highest BCUT2D eigenvalue weighted by molar-refractivity contribution is 5.84. The van der Waals surface area contributed by atoms with E-state index in [2.05, 4.69) is 0 Å². The van der Waals surface area contributed by atoms with Gasteiger partial charge in [0.05, 0.1) is 16.5 Å². The average molecular weight is 377 g/mol. The van der Waals surface area contributed by atoms with E-state index < -0.39 is 22.7 Å². The normalized spacial score (nSPS) is 14.9. The molecule has 1 aliphatic carbocycles. The maximum atomic E-state index is 12.4. The molecule has 3 rings (SSSR count). The summed E-state index contributed by atoms with van der Waals surface area (Å²) in [7, 11) is 0. The number of oxazole rings is 1. The number of nitro groups is 1. The molecule has 0 aliphatic heterocycles. The zero-order valence-corrected chi connectivity index (χ0v) is 14.7. The van der Waals surface area contributed by atoms with E-state index >= 15 is 0 Å². The molecule has 10 heteroatoms. The highest BCUT2D eigenvalue weighted by Crippen LogP contribution is 2.29. The summed E-state index contributed by atoms with van der Waals surface area (Å²) in [6, 6.07) is 2.98. The summed E-state index contributed by atoms with van der Waals surface area (Å²) in [5, 5.41) is 20.0. The highest BCUT2D eigenvalue weighted by Gasteiger charge is 2.37. The summed E-state index contributed by atoms with van der Waals surface area (Å²) in [5.41, 5.74) is 0.344. The zero-order valence-electron chi connectivity index (χ0n) is 14.7. The van der Waals surface area contributed by atoms with Crippen LogP contribution in [0.25, 0.3) is 11.1 Å². The highest BCUT2D eigenvalue weighted by atomic mass is 16.6. The van der Waals surface area contributed by atoms with E-state index in [4.69, 9.17) is 4.42 Å². The van der Waals surface area contributed by atoms with Crippen LogP contribution in [0, 0.1) is 10.1 Å². The second-order valence-corrected chi connectivity index (χ2v) is 6.58. The monoisotopic (exact) mass is 377 g/mol. The molecule has 1 unspecified atom stereocenters. The van der Waals surface area contributed by atoms with Crippen LogP contribution in [0.3, 0.4) is 0 Å². The number of nitro benzene ring substituents is 1. The predicted octanol–water partition coefficient (Wildman–Crippen LogP) is 1.75. The summed E-state index contributed by atoms with van der Waals surface area (Å²) in [6.45, 7) is 1.68. The minimum absolute atomic E-state index is 0.0263. The topological polar surface area (TPSA) is 136 Å². The van der Waals surface area contributed by atoms with Gasteiger partial charge in [-0.1, -0.05) is 0 Å². The molecule has 1 aromatic heterocycles. The van der Waals surface area contributed by atoms with Crippen molar-refractivity contribution in [2.45, 2.75) is 51.2 Å². The van der Waals surface area contributed by atoms with Crippen LogP contribution < -0.4 is 5.76 Å². The van der Waals surface area contributed by atoms with E-state index in [9.17, 15) is 29.6 Å². The summed E-state index contributed by atoms with van der Waals surface area (Å²) in [4.78, 5) is 47.3. The minimum Gasteiger partial charge on any atom is -0.480 e. The Morgan fingerprint density at radius 3 is 2.74 bits per heavy atom. The Kier molecular flexibility index (Phi) is 4.98. The number of rotatable bonds is 8. The quantitative estimate of drug-likeness (QED) is 0.546. The third kappa shape index (κ3) is 3.83. The second kappa shape index (κ2) is 7.22. The van der Waals surface area contributed by atoms with Gasteiger partial charge in [0.25, 0.3) is 5.69 Å². The lowest BCUT2D eigenvalue weighted by Crippen LogP contribution is -2.44. The van der Waals surface area contributed by atoms with Crippen molar-refractivity contribution in [3.63, 3.8) is 0 Å². The van der Waals surface area contributed by atoms with Gasteiger partial charge in [0.1, 0.15) is 6.04 Å². The number of benzene rings is 1. The van der Waals surface area contributed by atoms with E-state index in [1.807, 2.05) is 0 Å². The molecule has 0 spiro atoms. The molecule has 1 fully saturated rings. The smallest absolute Gasteiger partial charge is 0.419 e. The summed E-state index contributed by atoms with van der Waals surface area (Å²) < 4.78 is 6.36. The summed E-state index contributed by atoms with van der Waals surface area (Å²) in [5.74, 6) is -1.96. The second-order valence-electron chi connectivity index (χ2n) is 6.58. The molecular formula is C17H19N3O7. The molecule has 2 aromatic rings. The first-order valence-corrected chi connectivity index (χ1v) is 8.61. The number of non-ortho nitro benzene ring substituents is 1. The van der Waals surface area contributed by atoms with E-state index in [1.54, 1.807) is 0 Å². The van der Waals surface area contributed by atoms with E-state index in [-0.39, 0.29) is 36.2 Å². The van der Waals surface area contributed by atoms with Crippen molar-refractivity contribution >= 4 is 28.7 Å². The van der Waals surface area contributed by atoms with Crippen LogP contribution in [0.2, 0.25) is 0 Å². The first-order valence-electron chi connectivity index (χ1n) is 8.61. The molecule has 1 heterocycles. The number of nitrogens with zero attached hydrogens (tertiary/aromatic N) is 3. The van der Waals surface area contributed by atoms with Crippen molar-refractivity contribution in [1.29, 1.82) is 0 Å². The fourth-order valence-corrected chi connectivity index (χ4v) is 3.11. The van der Waals surface area contributed by atoms with Crippen LogP contribution in [-0.2, 0) is 16.1 Å². The van der Waals surface area contributed by atoms with Gasteiger partial charge in [-0.25, -0.2) is 9.59 Å². The van der Waals surface area contributed by atoms with Gasteiger partial charge in [-0.15, -0.1) is 0 Å². The standard InChI is InChI=1S/C17H19N3O7/c1-10(16(22)23)19(11-4-5-11)15(21)3-2-8-18-13-7-6-12(20(25)26)9-14(13)27-17(18)24/h6-7,9-11H,2-5,8H2,1H3,(H,22,23). The number of hydrogen-bond acceptors (Lipinski definition) is 6. The van der Waals surface area contributed by atoms with Crippen molar-refractivity contribution < 1.29 is 24.0 Å². The Morgan fingerprint density at radius 1 is 1.44 bits per heavy atom. The van der Waals surface area contributed by atoms with Crippen LogP contribution in [0.1, 0.15) is 32.6 Å². The summed E-state index contributed by atoms with van der Waals surface area (Å²) in [6.07, 6.45) is 2.02. The molecule has 1 saturated carbocycles.